The molecule has 0 spiro atoms. The molecule has 0 bridgehead atoms. The minimum Gasteiger partial charge on any atom is -0.484 e. The number of hydrogen-bond acceptors (Lipinski definition) is 5. The van der Waals surface area contributed by atoms with Crippen LogP contribution in [0.4, 0.5) is 18.9 Å². The molecule has 0 aliphatic carbocycles. The Labute approximate surface area is 164 Å². The lowest BCUT2D eigenvalue weighted by atomic mass is 10.2. The van der Waals surface area contributed by atoms with Crippen molar-refractivity contribution in [2.24, 2.45) is 0 Å². The first-order valence-corrected chi connectivity index (χ1v) is 8.88. The zero-order chi connectivity index (χ0) is 20.9. The number of halogens is 3. The molecule has 1 amide bonds. The van der Waals surface area contributed by atoms with E-state index in [1.807, 2.05) is 6.92 Å². The van der Waals surface area contributed by atoms with E-state index in [0.717, 1.165) is 18.6 Å². The number of rotatable bonds is 7. The molecule has 3 rings (SSSR count). The Morgan fingerprint density at radius 1 is 1.14 bits per heavy atom. The molecule has 0 aliphatic heterocycles. The van der Waals surface area contributed by atoms with Gasteiger partial charge in [0.05, 0.1) is 5.56 Å². The summed E-state index contributed by atoms with van der Waals surface area (Å²) in [5, 5.41) is 10.3. The monoisotopic (exact) mass is 405 g/mol. The highest BCUT2D eigenvalue weighted by molar-refractivity contribution is 5.91. The Morgan fingerprint density at radius 3 is 2.59 bits per heavy atom. The van der Waals surface area contributed by atoms with E-state index < -0.39 is 17.6 Å². The number of benzene rings is 2. The van der Waals surface area contributed by atoms with E-state index in [9.17, 15) is 18.0 Å². The summed E-state index contributed by atoms with van der Waals surface area (Å²) < 4.78 is 49.1. The highest BCUT2D eigenvalue weighted by Crippen LogP contribution is 2.30. The van der Waals surface area contributed by atoms with Crippen molar-refractivity contribution >= 4 is 11.6 Å². The first-order valence-electron chi connectivity index (χ1n) is 8.88. The number of aromatic nitrogens is 2. The SMILES string of the molecule is CCCc1nnc(-c2ccc(OCC(=O)Nc3cccc(C(F)(F)F)c3)cc2)o1. The lowest BCUT2D eigenvalue weighted by molar-refractivity contribution is -0.137. The second kappa shape index (κ2) is 8.76. The number of anilines is 1. The van der Waals surface area contributed by atoms with Crippen LogP contribution in [0.25, 0.3) is 11.5 Å². The number of carbonyl (C=O) groups excluding carboxylic acids is 1. The number of carbonyl (C=O) groups is 1. The largest absolute Gasteiger partial charge is 0.484 e. The number of nitrogens with zero attached hydrogens (tertiary/aromatic N) is 2. The average Bonchev–Trinajstić information content (AvgIpc) is 3.15. The van der Waals surface area contributed by atoms with E-state index in [4.69, 9.17) is 9.15 Å². The third-order valence-electron chi connectivity index (χ3n) is 3.88. The smallest absolute Gasteiger partial charge is 0.416 e. The molecule has 152 valence electrons. The Hall–Kier alpha value is -3.36. The third-order valence-corrected chi connectivity index (χ3v) is 3.88. The summed E-state index contributed by atoms with van der Waals surface area (Å²) in [6, 6.07) is 11.1. The van der Waals surface area contributed by atoms with E-state index in [-0.39, 0.29) is 12.3 Å². The molecule has 0 aliphatic rings. The number of amides is 1. The Bertz CT molecular complexity index is 969. The maximum absolute atomic E-state index is 12.7. The lowest BCUT2D eigenvalue weighted by Gasteiger charge is -2.10. The molecule has 9 heteroatoms. The summed E-state index contributed by atoms with van der Waals surface area (Å²) in [5.41, 5.74) is -0.0846. The van der Waals surface area contributed by atoms with Gasteiger partial charge in [-0.3, -0.25) is 4.79 Å². The zero-order valence-electron chi connectivity index (χ0n) is 15.5. The van der Waals surface area contributed by atoms with E-state index >= 15 is 0 Å². The van der Waals surface area contributed by atoms with Crippen molar-refractivity contribution in [1.82, 2.24) is 10.2 Å². The predicted octanol–water partition coefficient (Wildman–Crippen LogP) is 4.73. The Morgan fingerprint density at radius 2 is 1.90 bits per heavy atom. The van der Waals surface area contributed by atoms with Gasteiger partial charge in [-0.25, -0.2) is 0 Å². The molecule has 1 aromatic heterocycles. The highest BCUT2D eigenvalue weighted by Gasteiger charge is 2.30. The maximum atomic E-state index is 12.7. The van der Waals surface area contributed by atoms with Crippen LogP contribution >= 0.6 is 0 Å². The summed E-state index contributed by atoms with van der Waals surface area (Å²) in [6.07, 6.45) is -2.87. The van der Waals surface area contributed by atoms with Gasteiger partial charge in [0.1, 0.15) is 5.75 Å². The van der Waals surface area contributed by atoms with Crippen molar-refractivity contribution in [1.29, 1.82) is 0 Å². The summed E-state index contributed by atoms with van der Waals surface area (Å²) in [4.78, 5) is 11.9. The molecule has 6 nitrogen and oxygen atoms in total. The molecule has 0 fully saturated rings. The normalized spacial score (nSPS) is 11.3. The van der Waals surface area contributed by atoms with Crippen molar-refractivity contribution in [2.75, 3.05) is 11.9 Å². The Kier molecular flexibility index (Phi) is 6.16. The summed E-state index contributed by atoms with van der Waals surface area (Å²) in [7, 11) is 0. The van der Waals surface area contributed by atoms with E-state index in [1.54, 1.807) is 24.3 Å². The van der Waals surface area contributed by atoms with Crippen LogP contribution in [0.15, 0.2) is 52.9 Å². The standard InChI is InChI=1S/C20H18F3N3O3/c1-2-4-18-25-26-19(29-18)13-7-9-16(10-8-13)28-12-17(27)24-15-6-3-5-14(11-15)20(21,22)23/h3,5-11H,2,4,12H2,1H3,(H,24,27). The van der Waals surface area contributed by atoms with Crippen molar-refractivity contribution in [3.63, 3.8) is 0 Å². The van der Waals surface area contributed by atoms with Crippen molar-refractivity contribution in [2.45, 2.75) is 25.9 Å². The Balaban J connectivity index is 1.55. The molecule has 29 heavy (non-hydrogen) atoms. The van der Waals surface area contributed by atoms with Crippen molar-refractivity contribution in [3.05, 3.63) is 60.0 Å². The topological polar surface area (TPSA) is 77.2 Å². The predicted molar refractivity (Wildman–Crippen MR) is 99.3 cm³/mol. The van der Waals surface area contributed by atoms with E-state index in [1.165, 1.54) is 12.1 Å². The fraction of sp³-hybridized carbons (Fsp3) is 0.250. The first-order chi connectivity index (χ1) is 13.8. The van der Waals surface area contributed by atoms with Gasteiger partial charge in [0.15, 0.2) is 6.61 Å². The molecule has 0 atom stereocenters. The van der Waals surface area contributed by atoms with Gasteiger partial charge in [-0.1, -0.05) is 13.0 Å². The molecule has 0 saturated heterocycles. The van der Waals surface area contributed by atoms with Crippen LogP contribution in [-0.2, 0) is 17.4 Å². The van der Waals surface area contributed by atoms with Gasteiger partial charge in [-0.05, 0) is 48.9 Å². The maximum Gasteiger partial charge on any atom is 0.416 e. The first kappa shape index (κ1) is 20.4. The number of alkyl halides is 3. The van der Waals surface area contributed by atoms with Crippen LogP contribution in [0.3, 0.4) is 0 Å². The fourth-order valence-corrected chi connectivity index (χ4v) is 2.50. The lowest BCUT2D eigenvalue weighted by Crippen LogP contribution is -2.20. The zero-order valence-corrected chi connectivity index (χ0v) is 15.5. The van der Waals surface area contributed by atoms with Crippen molar-refractivity contribution < 1.29 is 27.1 Å². The molecule has 2 aromatic carbocycles. The van der Waals surface area contributed by atoms with Gasteiger partial charge in [0, 0.05) is 17.7 Å². The molecule has 0 saturated carbocycles. The molecule has 0 unspecified atom stereocenters. The second-order valence-corrected chi connectivity index (χ2v) is 6.19. The second-order valence-electron chi connectivity index (χ2n) is 6.19. The average molecular weight is 405 g/mol. The molecule has 1 heterocycles. The van der Waals surface area contributed by atoms with Gasteiger partial charge in [-0.2, -0.15) is 13.2 Å². The van der Waals surface area contributed by atoms with Gasteiger partial charge in [0.25, 0.3) is 5.91 Å². The fourth-order valence-electron chi connectivity index (χ4n) is 2.50. The molecular weight excluding hydrogens is 387 g/mol. The van der Waals surface area contributed by atoms with Crippen molar-refractivity contribution in [3.8, 4) is 17.2 Å². The molecule has 1 N–H and O–H groups in total. The summed E-state index contributed by atoms with van der Waals surface area (Å²) >= 11 is 0. The van der Waals surface area contributed by atoms with Crippen LogP contribution < -0.4 is 10.1 Å². The number of ether oxygens (including phenoxy) is 1. The van der Waals surface area contributed by atoms with Crippen LogP contribution in [0.1, 0.15) is 24.8 Å². The van der Waals surface area contributed by atoms with Crippen LogP contribution in [0.5, 0.6) is 5.75 Å². The van der Waals surface area contributed by atoms with Gasteiger partial charge in [-0.15, -0.1) is 10.2 Å². The van der Waals surface area contributed by atoms with Gasteiger partial charge >= 0.3 is 6.18 Å². The van der Waals surface area contributed by atoms with Gasteiger partial charge in [0.2, 0.25) is 11.8 Å². The molecular formula is C20H18F3N3O3. The molecule has 0 radical (unpaired) electrons. The summed E-state index contributed by atoms with van der Waals surface area (Å²) in [5.74, 6) is 0.798. The minimum atomic E-state index is -4.48. The third kappa shape index (κ3) is 5.56. The van der Waals surface area contributed by atoms with Crippen LogP contribution in [0, 0.1) is 0 Å². The summed E-state index contributed by atoms with van der Waals surface area (Å²) in [6.45, 7) is 1.66. The minimum absolute atomic E-state index is 0.0445. The van der Waals surface area contributed by atoms with Crippen LogP contribution in [-0.4, -0.2) is 22.7 Å². The number of nitrogens with one attached hydrogen (secondary N) is 1. The van der Waals surface area contributed by atoms with E-state index in [0.29, 0.717) is 29.5 Å². The van der Waals surface area contributed by atoms with Gasteiger partial charge < -0.3 is 14.5 Å². The highest BCUT2D eigenvalue weighted by atomic mass is 19.4. The molecule has 3 aromatic rings. The van der Waals surface area contributed by atoms with Crippen LogP contribution in [0.2, 0.25) is 0 Å². The number of aryl methyl sites for hydroxylation is 1. The van der Waals surface area contributed by atoms with E-state index in [2.05, 4.69) is 15.5 Å². The number of hydrogen-bond donors (Lipinski definition) is 1. The quantitative estimate of drug-likeness (QED) is 0.615.